The van der Waals surface area contributed by atoms with E-state index in [1.54, 1.807) is 6.20 Å². The predicted octanol–water partition coefficient (Wildman–Crippen LogP) is 1.72. The van der Waals surface area contributed by atoms with Gasteiger partial charge in [0.1, 0.15) is 5.82 Å². The number of carbonyl (C=O) groups is 1. The molecule has 1 amide bonds. The molecule has 0 bridgehead atoms. The van der Waals surface area contributed by atoms with Crippen molar-refractivity contribution in [3.63, 3.8) is 0 Å². The zero-order valence-electron chi connectivity index (χ0n) is 16.0. The van der Waals surface area contributed by atoms with Gasteiger partial charge in [0.05, 0.1) is 6.20 Å². The van der Waals surface area contributed by atoms with Crippen LogP contribution in [-0.4, -0.2) is 55.1 Å². The van der Waals surface area contributed by atoms with E-state index >= 15 is 0 Å². The van der Waals surface area contributed by atoms with Gasteiger partial charge in [-0.25, -0.2) is 9.97 Å². The van der Waals surface area contributed by atoms with Crippen molar-refractivity contribution in [1.82, 2.24) is 15.3 Å². The number of rotatable bonds is 5. The number of nitrogens with zero attached hydrogens (tertiary/aromatic N) is 4. The number of benzene rings is 1. The number of primary amides is 1. The van der Waals surface area contributed by atoms with E-state index in [0.29, 0.717) is 5.82 Å². The standard InChI is InChI=1S/C20H27N7O/c21-19(28)18-20(25-17(14-23-18)27-10-2-1-3-11-27)24-15-4-6-16(7-5-15)26-12-8-22-9-13-26/h4-7,14,22H,1-3,8-13H2,(H2,21,28)(H,24,25). The van der Waals surface area contributed by atoms with Crippen LogP contribution >= 0.6 is 0 Å². The lowest BCUT2D eigenvalue weighted by atomic mass is 10.1. The highest BCUT2D eigenvalue weighted by molar-refractivity contribution is 5.96. The summed E-state index contributed by atoms with van der Waals surface area (Å²) in [6, 6.07) is 8.16. The SMILES string of the molecule is NC(=O)c1ncc(N2CCCCC2)nc1Nc1ccc(N2CCNCC2)cc1. The van der Waals surface area contributed by atoms with Gasteiger partial charge in [-0.1, -0.05) is 0 Å². The summed E-state index contributed by atoms with van der Waals surface area (Å²) in [6.45, 7) is 5.93. The fourth-order valence-electron chi connectivity index (χ4n) is 3.74. The van der Waals surface area contributed by atoms with E-state index in [4.69, 9.17) is 5.73 Å². The highest BCUT2D eigenvalue weighted by Crippen LogP contribution is 2.25. The van der Waals surface area contributed by atoms with Gasteiger partial charge >= 0.3 is 0 Å². The van der Waals surface area contributed by atoms with Crippen LogP contribution < -0.4 is 26.2 Å². The lowest BCUT2D eigenvalue weighted by molar-refractivity contribution is 0.0996. The van der Waals surface area contributed by atoms with E-state index in [2.05, 4.69) is 42.5 Å². The van der Waals surface area contributed by atoms with Crippen LogP contribution in [0.2, 0.25) is 0 Å². The number of nitrogens with two attached hydrogens (primary N) is 1. The zero-order chi connectivity index (χ0) is 19.3. The lowest BCUT2D eigenvalue weighted by Crippen LogP contribution is -2.43. The van der Waals surface area contributed by atoms with E-state index in [1.807, 2.05) is 12.1 Å². The Bertz CT molecular complexity index is 812. The third kappa shape index (κ3) is 4.17. The van der Waals surface area contributed by atoms with Crippen LogP contribution in [-0.2, 0) is 0 Å². The topological polar surface area (TPSA) is 99.4 Å². The van der Waals surface area contributed by atoms with Gasteiger partial charge in [0.2, 0.25) is 0 Å². The minimum absolute atomic E-state index is 0.159. The fraction of sp³-hybridized carbons (Fsp3) is 0.450. The summed E-state index contributed by atoms with van der Waals surface area (Å²) in [5, 5.41) is 6.59. The minimum Gasteiger partial charge on any atom is -0.369 e. The molecule has 4 N–H and O–H groups in total. The number of piperidine rings is 1. The maximum Gasteiger partial charge on any atom is 0.271 e. The first-order valence-corrected chi connectivity index (χ1v) is 9.95. The number of carbonyl (C=O) groups excluding carboxylic acids is 1. The van der Waals surface area contributed by atoms with Crippen molar-refractivity contribution in [2.24, 2.45) is 5.73 Å². The van der Waals surface area contributed by atoms with Crippen LogP contribution in [0.3, 0.4) is 0 Å². The molecule has 0 aliphatic carbocycles. The van der Waals surface area contributed by atoms with E-state index in [0.717, 1.165) is 63.6 Å². The average molecular weight is 381 g/mol. The quantitative estimate of drug-likeness (QED) is 0.725. The molecule has 8 nitrogen and oxygen atoms in total. The molecule has 0 unspecified atom stereocenters. The number of amides is 1. The molecule has 0 spiro atoms. The van der Waals surface area contributed by atoms with Gasteiger partial charge in [0.15, 0.2) is 11.5 Å². The molecule has 2 aromatic rings. The Labute approximate surface area is 165 Å². The smallest absolute Gasteiger partial charge is 0.271 e. The van der Waals surface area contributed by atoms with E-state index < -0.39 is 5.91 Å². The second-order valence-electron chi connectivity index (χ2n) is 7.25. The molecule has 1 aromatic heterocycles. The number of piperazine rings is 1. The molecule has 28 heavy (non-hydrogen) atoms. The van der Waals surface area contributed by atoms with Crippen LogP contribution in [0, 0.1) is 0 Å². The van der Waals surface area contributed by atoms with Crippen molar-refractivity contribution < 1.29 is 4.79 Å². The largest absolute Gasteiger partial charge is 0.369 e. The highest BCUT2D eigenvalue weighted by Gasteiger charge is 2.18. The molecule has 0 radical (unpaired) electrons. The highest BCUT2D eigenvalue weighted by atomic mass is 16.1. The lowest BCUT2D eigenvalue weighted by Gasteiger charge is -2.29. The maximum absolute atomic E-state index is 11.8. The van der Waals surface area contributed by atoms with Gasteiger partial charge in [-0.3, -0.25) is 4.79 Å². The number of hydrogen-bond acceptors (Lipinski definition) is 7. The molecule has 148 valence electrons. The first-order valence-electron chi connectivity index (χ1n) is 9.95. The third-order valence-electron chi connectivity index (χ3n) is 5.29. The number of hydrogen-bond donors (Lipinski definition) is 3. The van der Waals surface area contributed by atoms with Gasteiger partial charge in [0.25, 0.3) is 5.91 Å². The molecule has 0 saturated carbocycles. The van der Waals surface area contributed by atoms with Gasteiger partial charge < -0.3 is 26.2 Å². The molecule has 0 atom stereocenters. The monoisotopic (exact) mass is 381 g/mol. The molecule has 1 aromatic carbocycles. The van der Waals surface area contributed by atoms with Crippen LogP contribution in [0.15, 0.2) is 30.5 Å². The summed E-state index contributed by atoms with van der Waals surface area (Å²) >= 11 is 0. The summed E-state index contributed by atoms with van der Waals surface area (Å²) in [4.78, 5) is 25.3. The summed E-state index contributed by atoms with van der Waals surface area (Å²) in [6.07, 6.45) is 5.18. The number of nitrogens with one attached hydrogen (secondary N) is 2. The average Bonchev–Trinajstić information content (AvgIpc) is 2.75. The van der Waals surface area contributed by atoms with Crippen molar-refractivity contribution in [2.75, 3.05) is 54.4 Å². The van der Waals surface area contributed by atoms with E-state index in [9.17, 15) is 4.79 Å². The zero-order valence-corrected chi connectivity index (χ0v) is 16.0. The fourth-order valence-corrected chi connectivity index (χ4v) is 3.74. The van der Waals surface area contributed by atoms with Crippen molar-refractivity contribution in [2.45, 2.75) is 19.3 Å². The second-order valence-corrected chi connectivity index (χ2v) is 7.25. The Kier molecular flexibility index (Phi) is 5.57. The summed E-state index contributed by atoms with van der Waals surface area (Å²) in [5.41, 5.74) is 7.71. The van der Waals surface area contributed by atoms with Crippen molar-refractivity contribution in [3.05, 3.63) is 36.2 Å². The number of aromatic nitrogens is 2. The summed E-state index contributed by atoms with van der Waals surface area (Å²) in [7, 11) is 0. The van der Waals surface area contributed by atoms with Gasteiger partial charge in [-0.05, 0) is 43.5 Å². The van der Waals surface area contributed by atoms with Crippen molar-refractivity contribution in [1.29, 1.82) is 0 Å². The normalized spacial score (nSPS) is 17.4. The molecule has 2 aliphatic rings. The van der Waals surface area contributed by atoms with E-state index in [1.165, 1.54) is 12.1 Å². The Morgan fingerprint density at radius 3 is 2.39 bits per heavy atom. The van der Waals surface area contributed by atoms with Gasteiger partial charge in [0, 0.05) is 50.6 Å². The summed E-state index contributed by atoms with van der Waals surface area (Å²) in [5.74, 6) is 0.604. The maximum atomic E-state index is 11.8. The van der Waals surface area contributed by atoms with Crippen LogP contribution in [0.4, 0.5) is 23.0 Å². The molecule has 2 saturated heterocycles. The van der Waals surface area contributed by atoms with Gasteiger partial charge in [-0.15, -0.1) is 0 Å². The predicted molar refractivity (Wildman–Crippen MR) is 111 cm³/mol. The van der Waals surface area contributed by atoms with Crippen molar-refractivity contribution in [3.8, 4) is 0 Å². The molecule has 2 fully saturated rings. The number of anilines is 4. The van der Waals surface area contributed by atoms with Crippen LogP contribution in [0.5, 0.6) is 0 Å². The molecular weight excluding hydrogens is 354 g/mol. The molecule has 4 rings (SSSR count). The second kappa shape index (κ2) is 8.43. The Balaban J connectivity index is 1.54. The Morgan fingerprint density at radius 1 is 1.00 bits per heavy atom. The van der Waals surface area contributed by atoms with Gasteiger partial charge in [-0.2, -0.15) is 0 Å². The third-order valence-corrected chi connectivity index (χ3v) is 5.29. The minimum atomic E-state index is -0.586. The van der Waals surface area contributed by atoms with Crippen LogP contribution in [0.25, 0.3) is 0 Å². The molecule has 8 heteroatoms. The summed E-state index contributed by atoms with van der Waals surface area (Å²) < 4.78 is 0. The van der Waals surface area contributed by atoms with Crippen LogP contribution in [0.1, 0.15) is 29.8 Å². The Hall–Kier alpha value is -2.87. The first kappa shape index (κ1) is 18.5. The Morgan fingerprint density at radius 2 is 1.71 bits per heavy atom. The molecule has 3 heterocycles. The van der Waals surface area contributed by atoms with Crippen molar-refractivity contribution >= 4 is 28.9 Å². The van der Waals surface area contributed by atoms with E-state index in [-0.39, 0.29) is 5.69 Å². The first-order chi connectivity index (χ1) is 13.7. The molecule has 2 aliphatic heterocycles. The molecular formula is C20H27N7O.